The number of halogens is 1. The number of rotatable bonds is 11. The zero-order chi connectivity index (χ0) is 28.7. The third-order valence-electron chi connectivity index (χ3n) is 6.46. The molecular weight excluding hydrogens is 534 g/mol. The van der Waals surface area contributed by atoms with Crippen LogP contribution in [0.2, 0.25) is 5.02 Å². The van der Waals surface area contributed by atoms with E-state index in [1.54, 1.807) is 43.3 Å². The SMILES string of the molecule is Cc1ccc(S(=O)(=O)N(CC(=O)N(Cc2ccccc2C)C(C)C(=O)NCC(C)C)c2ccc(Cl)cc2)cc1. The molecule has 0 aliphatic carbocycles. The van der Waals surface area contributed by atoms with Crippen molar-refractivity contribution in [2.45, 2.75) is 52.1 Å². The summed E-state index contributed by atoms with van der Waals surface area (Å²) in [5.41, 5.74) is 3.04. The fraction of sp³-hybridized carbons (Fsp3) is 0.333. The molecule has 0 aromatic heterocycles. The number of anilines is 1. The van der Waals surface area contributed by atoms with Crippen molar-refractivity contribution in [3.05, 3.63) is 94.5 Å². The Hall–Kier alpha value is -3.36. The molecule has 0 spiro atoms. The van der Waals surface area contributed by atoms with E-state index >= 15 is 0 Å². The molecule has 2 amide bonds. The first kappa shape index (κ1) is 30.2. The summed E-state index contributed by atoms with van der Waals surface area (Å²) in [5, 5.41) is 3.33. The van der Waals surface area contributed by atoms with Crippen molar-refractivity contribution in [3.63, 3.8) is 0 Å². The summed E-state index contributed by atoms with van der Waals surface area (Å²) in [5.74, 6) is -0.567. The lowest BCUT2D eigenvalue weighted by molar-refractivity contribution is -0.139. The Balaban J connectivity index is 2.01. The number of hydrogen-bond donors (Lipinski definition) is 1. The molecule has 1 atom stereocenters. The van der Waals surface area contributed by atoms with Crippen molar-refractivity contribution in [2.75, 3.05) is 17.4 Å². The van der Waals surface area contributed by atoms with Crippen LogP contribution in [0.4, 0.5) is 5.69 Å². The Bertz CT molecular complexity index is 1390. The van der Waals surface area contributed by atoms with Gasteiger partial charge in [-0.1, -0.05) is 67.4 Å². The zero-order valence-corrected chi connectivity index (χ0v) is 24.6. The van der Waals surface area contributed by atoms with Gasteiger partial charge in [0.05, 0.1) is 10.6 Å². The van der Waals surface area contributed by atoms with E-state index in [1.807, 2.05) is 52.0 Å². The van der Waals surface area contributed by atoms with Crippen LogP contribution in [0, 0.1) is 19.8 Å². The highest BCUT2D eigenvalue weighted by Gasteiger charge is 2.32. The van der Waals surface area contributed by atoms with Crippen LogP contribution in [0.15, 0.2) is 77.7 Å². The molecule has 3 aromatic rings. The van der Waals surface area contributed by atoms with Gasteiger partial charge in [-0.25, -0.2) is 8.42 Å². The van der Waals surface area contributed by atoms with Crippen molar-refractivity contribution in [1.82, 2.24) is 10.2 Å². The number of carbonyl (C=O) groups excluding carboxylic acids is 2. The van der Waals surface area contributed by atoms with Crippen LogP contribution in [-0.4, -0.2) is 44.3 Å². The lowest BCUT2D eigenvalue weighted by atomic mass is 10.1. The van der Waals surface area contributed by atoms with Gasteiger partial charge in [-0.2, -0.15) is 0 Å². The average molecular weight is 570 g/mol. The van der Waals surface area contributed by atoms with E-state index in [9.17, 15) is 18.0 Å². The number of sulfonamides is 1. The van der Waals surface area contributed by atoms with E-state index < -0.39 is 28.5 Å². The van der Waals surface area contributed by atoms with Crippen LogP contribution < -0.4 is 9.62 Å². The first-order chi connectivity index (χ1) is 18.4. The zero-order valence-electron chi connectivity index (χ0n) is 23.0. The van der Waals surface area contributed by atoms with Gasteiger partial charge < -0.3 is 10.2 Å². The number of hydrogen-bond acceptors (Lipinski definition) is 4. The predicted molar refractivity (Wildman–Crippen MR) is 156 cm³/mol. The second-order valence-electron chi connectivity index (χ2n) is 10.1. The largest absolute Gasteiger partial charge is 0.354 e. The van der Waals surface area contributed by atoms with Crippen LogP contribution in [0.5, 0.6) is 0 Å². The second-order valence-corrected chi connectivity index (χ2v) is 12.4. The van der Waals surface area contributed by atoms with Crippen molar-refractivity contribution in [2.24, 2.45) is 5.92 Å². The van der Waals surface area contributed by atoms with Crippen molar-refractivity contribution in [3.8, 4) is 0 Å². The summed E-state index contributed by atoms with van der Waals surface area (Å²) >= 11 is 6.07. The molecule has 0 saturated heterocycles. The smallest absolute Gasteiger partial charge is 0.264 e. The van der Waals surface area contributed by atoms with E-state index in [0.29, 0.717) is 17.3 Å². The third-order valence-corrected chi connectivity index (χ3v) is 8.50. The highest BCUT2D eigenvalue weighted by atomic mass is 35.5. The van der Waals surface area contributed by atoms with Crippen molar-refractivity contribution < 1.29 is 18.0 Å². The number of carbonyl (C=O) groups is 2. The lowest BCUT2D eigenvalue weighted by Gasteiger charge is -2.32. The molecule has 0 aliphatic heterocycles. The normalized spacial score (nSPS) is 12.2. The van der Waals surface area contributed by atoms with Gasteiger partial charge in [-0.15, -0.1) is 0 Å². The Labute approximate surface area is 236 Å². The minimum atomic E-state index is -4.12. The lowest BCUT2D eigenvalue weighted by Crippen LogP contribution is -2.51. The number of amides is 2. The fourth-order valence-corrected chi connectivity index (χ4v) is 5.52. The van der Waals surface area contributed by atoms with Crippen molar-refractivity contribution >= 4 is 39.1 Å². The van der Waals surface area contributed by atoms with Gasteiger partial charge in [-0.3, -0.25) is 13.9 Å². The Morgan fingerprint density at radius 2 is 1.51 bits per heavy atom. The topological polar surface area (TPSA) is 86.8 Å². The number of benzene rings is 3. The molecule has 208 valence electrons. The van der Waals surface area contributed by atoms with E-state index in [2.05, 4.69) is 5.32 Å². The number of aryl methyl sites for hydroxylation is 2. The monoisotopic (exact) mass is 569 g/mol. The van der Waals surface area contributed by atoms with Crippen LogP contribution in [0.25, 0.3) is 0 Å². The fourth-order valence-electron chi connectivity index (χ4n) is 3.98. The first-order valence-corrected chi connectivity index (χ1v) is 14.7. The molecule has 39 heavy (non-hydrogen) atoms. The van der Waals surface area contributed by atoms with E-state index in [0.717, 1.165) is 21.0 Å². The molecule has 0 aliphatic rings. The summed E-state index contributed by atoms with van der Waals surface area (Å²) in [4.78, 5) is 28.5. The van der Waals surface area contributed by atoms with Gasteiger partial charge >= 0.3 is 0 Å². The minimum Gasteiger partial charge on any atom is -0.354 e. The molecule has 9 heteroatoms. The molecule has 7 nitrogen and oxygen atoms in total. The Morgan fingerprint density at radius 1 is 0.897 bits per heavy atom. The molecular formula is C30H36ClN3O4S. The highest BCUT2D eigenvalue weighted by molar-refractivity contribution is 7.92. The first-order valence-electron chi connectivity index (χ1n) is 12.9. The molecule has 0 fully saturated rings. The van der Waals surface area contributed by atoms with Crippen molar-refractivity contribution in [1.29, 1.82) is 0 Å². The number of nitrogens with zero attached hydrogens (tertiary/aromatic N) is 2. The molecule has 0 heterocycles. The molecule has 1 unspecified atom stereocenters. The van der Waals surface area contributed by atoms with E-state index in [1.165, 1.54) is 17.0 Å². The maximum Gasteiger partial charge on any atom is 0.264 e. The summed E-state index contributed by atoms with van der Waals surface area (Å²) in [6.07, 6.45) is 0. The molecule has 0 bridgehead atoms. The van der Waals surface area contributed by atoms with Gasteiger partial charge in [0.25, 0.3) is 10.0 Å². The quantitative estimate of drug-likeness (QED) is 0.338. The summed E-state index contributed by atoms with van der Waals surface area (Å²) in [7, 11) is -4.12. The Morgan fingerprint density at radius 3 is 2.10 bits per heavy atom. The maximum absolute atomic E-state index is 13.9. The average Bonchev–Trinajstić information content (AvgIpc) is 2.90. The van der Waals surface area contributed by atoms with Gasteiger partial charge in [-0.05, 0) is 74.2 Å². The second kappa shape index (κ2) is 13.1. The molecule has 3 rings (SSSR count). The molecule has 0 radical (unpaired) electrons. The van der Waals surface area contributed by atoms with Gasteiger partial charge in [0, 0.05) is 18.1 Å². The molecule has 1 N–H and O–H groups in total. The Kier molecular flexibility index (Phi) is 10.2. The number of nitrogens with one attached hydrogen (secondary N) is 1. The summed E-state index contributed by atoms with van der Waals surface area (Å²) < 4.78 is 28.7. The van der Waals surface area contributed by atoms with Crippen LogP contribution in [0.3, 0.4) is 0 Å². The van der Waals surface area contributed by atoms with E-state index in [-0.39, 0.29) is 23.3 Å². The minimum absolute atomic E-state index is 0.0593. The van der Waals surface area contributed by atoms with Crippen LogP contribution in [-0.2, 0) is 26.2 Å². The standard InChI is InChI=1S/C30H36ClN3O4S/c1-21(2)18-32-30(36)24(5)33(19-25-9-7-6-8-23(25)4)29(35)20-34(27-14-12-26(31)13-15-27)39(37,38)28-16-10-22(3)11-17-28/h6-17,21,24H,18-20H2,1-5H3,(H,32,36). The van der Waals surface area contributed by atoms with Gasteiger partial charge in [0.15, 0.2) is 0 Å². The molecule has 0 saturated carbocycles. The molecule has 3 aromatic carbocycles. The van der Waals surface area contributed by atoms with Crippen LogP contribution in [0.1, 0.15) is 37.5 Å². The van der Waals surface area contributed by atoms with Gasteiger partial charge in [0.2, 0.25) is 11.8 Å². The predicted octanol–water partition coefficient (Wildman–Crippen LogP) is 5.34. The third kappa shape index (κ3) is 7.83. The van der Waals surface area contributed by atoms with Gasteiger partial charge in [0.1, 0.15) is 12.6 Å². The van der Waals surface area contributed by atoms with Crippen LogP contribution >= 0.6 is 11.6 Å². The summed E-state index contributed by atoms with van der Waals surface area (Å²) in [6.45, 7) is 9.56. The highest BCUT2D eigenvalue weighted by Crippen LogP contribution is 2.26. The maximum atomic E-state index is 13.9. The summed E-state index contributed by atoms with van der Waals surface area (Å²) in [6, 6.07) is 19.5. The van der Waals surface area contributed by atoms with E-state index in [4.69, 9.17) is 11.6 Å².